The second kappa shape index (κ2) is 6.88. The van der Waals surface area contributed by atoms with Crippen molar-refractivity contribution in [1.29, 1.82) is 0 Å². The maximum Gasteiger partial charge on any atom is 0.236 e. The summed E-state index contributed by atoms with van der Waals surface area (Å²) in [5, 5.41) is 0. The first-order chi connectivity index (χ1) is 12.6. The lowest BCUT2D eigenvalue weighted by molar-refractivity contribution is -0.127. The molecule has 1 heterocycles. The standard InChI is InChI=1S/C20H24N2O4S/c1-14-7-5-6-8-15(14)12-27(24,25)21-16-9-10-18-17(11-16)22(4)19(23)20(2,3)13-26-18/h5-11,21H,12-13H2,1-4H3. The average Bonchev–Trinajstić information content (AvgIpc) is 2.67. The van der Waals surface area contributed by atoms with Gasteiger partial charge in [0.2, 0.25) is 15.9 Å². The third-order valence-electron chi connectivity index (χ3n) is 4.67. The second-order valence-corrected chi connectivity index (χ2v) is 9.23. The number of fused-ring (bicyclic) bond motifs is 1. The predicted octanol–water partition coefficient (Wildman–Crippen LogP) is 3.32. The maximum absolute atomic E-state index is 12.6. The Morgan fingerprint density at radius 1 is 1.19 bits per heavy atom. The van der Waals surface area contributed by atoms with E-state index in [0.29, 0.717) is 17.1 Å². The van der Waals surface area contributed by atoms with Gasteiger partial charge < -0.3 is 9.64 Å². The molecule has 0 aliphatic carbocycles. The first-order valence-corrected chi connectivity index (χ1v) is 10.3. The maximum atomic E-state index is 12.6. The van der Waals surface area contributed by atoms with Crippen molar-refractivity contribution >= 4 is 27.3 Å². The lowest BCUT2D eigenvalue weighted by Gasteiger charge is -2.24. The van der Waals surface area contributed by atoms with E-state index in [-0.39, 0.29) is 18.3 Å². The van der Waals surface area contributed by atoms with Crippen molar-refractivity contribution in [3.63, 3.8) is 0 Å². The zero-order chi connectivity index (χ0) is 19.8. The molecule has 1 N–H and O–H groups in total. The van der Waals surface area contributed by atoms with E-state index in [0.717, 1.165) is 11.1 Å². The van der Waals surface area contributed by atoms with Crippen LogP contribution in [0.2, 0.25) is 0 Å². The zero-order valence-corrected chi connectivity index (χ0v) is 16.8. The van der Waals surface area contributed by atoms with Gasteiger partial charge in [0.1, 0.15) is 12.4 Å². The molecule has 2 aromatic carbocycles. The summed E-state index contributed by atoms with van der Waals surface area (Å²) in [5.74, 6) is 0.356. The monoisotopic (exact) mass is 388 g/mol. The van der Waals surface area contributed by atoms with Gasteiger partial charge in [0.15, 0.2) is 0 Å². The van der Waals surface area contributed by atoms with Crippen LogP contribution in [0.25, 0.3) is 0 Å². The summed E-state index contributed by atoms with van der Waals surface area (Å²) in [4.78, 5) is 14.1. The van der Waals surface area contributed by atoms with Gasteiger partial charge in [0, 0.05) is 7.05 Å². The highest BCUT2D eigenvalue weighted by Crippen LogP contribution is 2.37. The van der Waals surface area contributed by atoms with Gasteiger partial charge in [-0.05, 0) is 50.1 Å². The van der Waals surface area contributed by atoms with Crippen LogP contribution in [0.15, 0.2) is 42.5 Å². The van der Waals surface area contributed by atoms with Crippen LogP contribution in [0, 0.1) is 12.3 Å². The van der Waals surface area contributed by atoms with Crippen molar-refractivity contribution < 1.29 is 17.9 Å². The van der Waals surface area contributed by atoms with Gasteiger partial charge in [-0.1, -0.05) is 24.3 Å². The fourth-order valence-corrected chi connectivity index (χ4v) is 4.33. The van der Waals surface area contributed by atoms with E-state index in [1.807, 2.05) is 39.0 Å². The van der Waals surface area contributed by atoms with Crippen molar-refractivity contribution in [2.24, 2.45) is 5.41 Å². The van der Waals surface area contributed by atoms with Gasteiger partial charge in [0.05, 0.1) is 22.5 Å². The first kappa shape index (κ1) is 19.2. The van der Waals surface area contributed by atoms with E-state index >= 15 is 0 Å². The Bertz CT molecular complexity index is 983. The minimum absolute atomic E-state index is 0.0823. The molecule has 7 heteroatoms. The Morgan fingerprint density at radius 2 is 1.89 bits per heavy atom. The summed E-state index contributed by atoms with van der Waals surface area (Å²) in [6, 6.07) is 12.3. The van der Waals surface area contributed by atoms with E-state index in [4.69, 9.17) is 4.74 Å². The lowest BCUT2D eigenvalue weighted by Crippen LogP contribution is -2.39. The van der Waals surface area contributed by atoms with Crippen LogP contribution in [0.3, 0.4) is 0 Å². The molecule has 1 amide bonds. The highest BCUT2D eigenvalue weighted by atomic mass is 32.2. The molecule has 0 saturated heterocycles. The molecule has 0 saturated carbocycles. The number of nitrogens with zero attached hydrogens (tertiary/aromatic N) is 1. The van der Waals surface area contributed by atoms with Gasteiger partial charge >= 0.3 is 0 Å². The highest BCUT2D eigenvalue weighted by molar-refractivity contribution is 7.91. The molecule has 3 rings (SSSR count). The van der Waals surface area contributed by atoms with Gasteiger partial charge in [-0.3, -0.25) is 9.52 Å². The zero-order valence-electron chi connectivity index (χ0n) is 15.9. The number of sulfonamides is 1. The van der Waals surface area contributed by atoms with Crippen molar-refractivity contribution in [1.82, 2.24) is 0 Å². The van der Waals surface area contributed by atoms with Crippen molar-refractivity contribution in [2.45, 2.75) is 26.5 Å². The van der Waals surface area contributed by atoms with Crippen molar-refractivity contribution in [3.8, 4) is 5.75 Å². The van der Waals surface area contributed by atoms with Crippen LogP contribution < -0.4 is 14.4 Å². The summed E-state index contributed by atoms with van der Waals surface area (Å²) in [7, 11) is -1.92. The van der Waals surface area contributed by atoms with E-state index in [2.05, 4.69) is 4.72 Å². The number of carbonyl (C=O) groups is 1. The fraction of sp³-hybridized carbons (Fsp3) is 0.350. The van der Waals surface area contributed by atoms with Gasteiger partial charge in [-0.25, -0.2) is 8.42 Å². The topological polar surface area (TPSA) is 75.7 Å². The number of hydrogen-bond acceptors (Lipinski definition) is 4. The minimum atomic E-state index is -3.59. The van der Waals surface area contributed by atoms with E-state index in [9.17, 15) is 13.2 Å². The molecular weight excluding hydrogens is 364 g/mol. The fourth-order valence-electron chi connectivity index (χ4n) is 3.04. The van der Waals surface area contributed by atoms with Crippen LogP contribution in [-0.2, 0) is 20.6 Å². The minimum Gasteiger partial charge on any atom is -0.490 e. The van der Waals surface area contributed by atoms with Crippen LogP contribution >= 0.6 is 0 Å². The summed E-state index contributed by atoms with van der Waals surface area (Å²) < 4.78 is 33.5. The van der Waals surface area contributed by atoms with Gasteiger partial charge in [-0.15, -0.1) is 0 Å². The van der Waals surface area contributed by atoms with E-state index < -0.39 is 15.4 Å². The van der Waals surface area contributed by atoms with Crippen molar-refractivity contribution in [3.05, 3.63) is 53.6 Å². The SMILES string of the molecule is Cc1ccccc1CS(=O)(=O)Nc1ccc2c(c1)N(C)C(=O)C(C)(C)CO2. The molecule has 0 atom stereocenters. The van der Waals surface area contributed by atoms with Crippen molar-refractivity contribution in [2.75, 3.05) is 23.3 Å². The van der Waals surface area contributed by atoms with Gasteiger partial charge in [0.25, 0.3) is 0 Å². The number of amides is 1. The van der Waals surface area contributed by atoms with Crippen LogP contribution in [-0.4, -0.2) is 28.0 Å². The summed E-state index contributed by atoms with van der Waals surface area (Å²) >= 11 is 0. The number of rotatable bonds is 4. The number of anilines is 2. The average molecular weight is 388 g/mol. The molecule has 27 heavy (non-hydrogen) atoms. The number of hydrogen-bond donors (Lipinski definition) is 1. The molecule has 2 aromatic rings. The summed E-state index contributed by atoms with van der Waals surface area (Å²) in [5.41, 5.74) is 1.95. The quantitative estimate of drug-likeness (QED) is 0.872. The van der Waals surface area contributed by atoms with Gasteiger partial charge in [-0.2, -0.15) is 0 Å². The summed E-state index contributed by atoms with van der Waals surface area (Å²) in [6.07, 6.45) is 0. The normalized spacial score (nSPS) is 16.3. The lowest BCUT2D eigenvalue weighted by atomic mass is 9.93. The molecule has 144 valence electrons. The molecular formula is C20H24N2O4S. The number of benzene rings is 2. The Morgan fingerprint density at radius 3 is 2.59 bits per heavy atom. The third-order valence-corrected chi connectivity index (χ3v) is 5.91. The Hall–Kier alpha value is -2.54. The van der Waals surface area contributed by atoms with Crippen LogP contribution in [0.4, 0.5) is 11.4 Å². The molecule has 0 unspecified atom stereocenters. The first-order valence-electron chi connectivity index (χ1n) is 8.69. The molecule has 0 bridgehead atoms. The van der Waals surface area contributed by atoms with Crippen LogP contribution in [0.5, 0.6) is 5.75 Å². The molecule has 0 fully saturated rings. The Kier molecular flexibility index (Phi) is 4.90. The second-order valence-electron chi connectivity index (χ2n) is 7.51. The molecule has 1 aliphatic heterocycles. The molecule has 0 radical (unpaired) electrons. The Labute approximate surface area is 160 Å². The van der Waals surface area contributed by atoms with Crippen LogP contribution in [0.1, 0.15) is 25.0 Å². The molecule has 6 nitrogen and oxygen atoms in total. The smallest absolute Gasteiger partial charge is 0.236 e. The Balaban J connectivity index is 1.86. The predicted molar refractivity (Wildman–Crippen MR) is 107 cm³/mol. The number of carbonyl (C=O) groups excluding carboxylic acids is 1. The van der Waals surface area contributed by atoms with E-state index in [1.165, 1.54) is 4.90 Å². The molecule has 1 aliphatic rings. The number of ether oxygens (including phenoxy) is 1. The third kappa shape index (κ3) is 4.08. The highest BCUT2D eigenvalue weighted by Gasteiger charge is 2.36. The summed E-state index contributed by atoms with van der Waals surface area (Å²) in [6.45, 7) is 5.79. The molecule has 0 spiro atoms. The van der Waals surface area contributed by atoms with E-state index in [1.54, 1.807) is 31.3 Å². The molecule has 0 aromatic heterocycles. The largest absolute Gasteiger partial charge is 0.490 e. The number of nitrogens with one attached hydrogen (secondary N) is 1. The number of aryl methyl sites for hydroxylation is 1.